The zero-order chi connectivity index (χ0) is 17.2. The summed E-state index contributed by atoms with van der Waals surface area (Å²) in [6.45, 7) is 7.36. The van der Waals surface area contributed by atoms with Crippen LogP contribution in [-0.2, 0) is 0 Å². The lowest BCUT2D eigenvalue weighted by molar-refractivity contribution is -0.890. The molecular weight excluding hydrogens is 290 g/mol. The van der Waals surface area contributed by atoms with E-state index in [0.29, 0.717) is 0 Å². The molecule has 0 saturated heterocycles. The van der Waals surface area contributed by atoms with Crippen molar-refractivity contribution in [3.8, 4) is 0 Å². The first kappa shape index (κ1) is 26.2. The molecule has 148 valence electrons. The van der Waals surface area contributed by atoms with Crippen molar-refractivity contribution in [1.29, 1.82) is 0 Å². The minimum absolute atomic E-state index is 0. The zero-order valence-electron chi connectivity index (χ0n) is 17.2. The van der Waals surface area contributed by atoms with Gasteiger partial charge in [0, 0.05) is 0 Å². The molecule has 1 heteroatoms. The Kier molecular flexibility index (Phi) is 21.0. The Labute approximate surface area is 156 Å². The maximum absolute atomic E-state index is 2.43. The molecule has 0 rings (SSSR count). The molecule has 0 radical (unpaired) electrons. The van der Waals surface area contributed by atoms with E-state index in [1.807, 2.05) is 0 Å². The first-order valence-corrected chi connectivity index (χ1v) is 10.9. The number of nitrogens with zero attached hydrogens (tertiary/aromatic N) is 1. The first-order chi connectivity index (χ1) is 11.1. The van der Waals surface area contributed by atoms with Gasteiger partial charge in [-0.2, -0.15) is 0 Å². The molecule has 0 aromatic heterocycles. The van der Waals surface area contributed by atoms with Crippen molar-refractivity contribution in [2.24, 2.45) is 0 Å². The Morgan fingerprint density at radius 2 is 0.667 bits per heavy atom. The van der Waals surface area contributed by atoms with Gasteiger partial charge >= 0.3 is 0 Å². The molecule has 0 aliphatic heterocycles. The molecule has 0 aromatic rings. The van der Waals surface area contributed by atoms with Gasteiger partial charge in [0.15, 0.2) is 0 Å². The number of unbranched alkanes of at least 4 members (excludes halogenated alkanes) is 14. The van der Waals surface area contributed by atoms with Crippen molar-refractivity contribution in [3.63, 3.8) is 0 Å². The summed E-state index contributed by atoms with van der Waals surface area (Å²) < 4.78 is 1.24. The Morgan fingerprint density at radius 3 is 0.958 bits per heavy atom. The standard InChI is InChI=1S/C22H48N.CH4/c1-5-7-9-11-13-15-17-19-21-23(3,4)22-20-18-16-14-12-10-8-6-2;/h5-22H2,1-4H3;1H4/q+1;. The van der Waals surface area contributed by atoms with Gasteiger partial charge in [0.05, 0.1) is 27.2 Å². The fraction of sp³-hybridized carbons (Fsp3) is 1.00. The van der Waals surface area contributed by atoms with Gasteiger partial charge in [0.1, 0.15) is 0 Å². The van der Waals surface area contributed by atoms with Crippen LogP contribution in [0, 0.1) is 0 Å². The molecule has 0 atom stereocenters. The summed E-state index contributed by atoms with van der Waals surface area (Å²) in [5.74, 6) is 0. The SMILES string of the molecule is C.CCCCCCCCCC[N+](C)(C)CCCCCCCCCC. The van der Waals surface area contributed by atoms with Gasteiger partial charge in [-0.1, -0.05) is 98.3 Å². The molecule has 0 N–H and O–H groups in total. The zero-order valence-corrected chi connectivity index (χ0v) is 17.2. The Balaban J connectivity index is 0. The van der Waals surface area contributed by atoms with Crippen molar-refractivity contribution in [2.45, 2.75) is 124 Å². The molecule has 0 aliphatic rings. The van der Waals surface area contributed by atoms with Gasteiger partial charge in [-0.05, 0) is 25.7 Å². The van der Waals surface area contributed by atoms with Crippen LogP contribution in [0.1, 0.15) is 124 Å². The molecule has 0 heterocycles. The highest BCUT2D eigenvalue weighted by atomic mass is 15.3. The van der Waals surface area contributed by atoms with Crippen LogP contribution in [0.2, 0.25) is 0 Å². The highest BCUT2D eigenvalue weighted by Crippen LogP contribution is 2.13. The fourth-order valence-corrected chi connectivity index (χ4v) is 3.46. The third-order valence-corrected chi connectivity index (χ3v) is 5.23. The molecule has 0 aliphatic carbocycles. The van der Waals surface area contributed by atoms with Crippen LogP contribution in [-0.4, -0.2) is 31.7 Å². The summed E-state index contributed by atoms with van der Waals surface area (Å²) in [6.07, 6.45) is 23.0. The molecule has 0 bridgehead atoms. The summed E-state index contributed by atoms with van der Waals surface area (Å²) in [5, 5.41) is 0. The van der Waals surface area contributed by atoms with E-state index in [1.54, 1.807) is 0 Å². The Bertz CT molecular complexity index is 200. The smallest absolute Gasteiger partial charge is 0.0782 e. The molecular formula is C23H52N+. The van der Waals surface area contributed by atoms with E-state index < -0.39 is 0 Å². The maximum atomic E-state index is 2.43. The summed E-state index contributed by atoms with van der Waals surface area (Å²) in [7, 11) is 4.87. The highest BCUT2D eigenvalue weighted by molar-refractivity contribution is 4.48. The largest absolute Gasteiger partial charge is 0.328 e. The third kappa shape index (κ3) is 20.0. The summed E-state index contributed by atoms with van der Waals surface area (Å²) >= 11 is 0. The lowest BCUT2D eigenvalue weighted by atomic mass is 10.1. The average Bonchev–Trinajstić information content (AvgIpc) is 2.52. The van der Waals surface area contributed by atoms with Crippen molar-refractivity contribution >= 4 is 0 Å². The van der Waals surface area contributed by atoms with E-state index in [4.69, 9.17) is 0 Å². The van der Waals surface area contributed by atoms with E-state index in [9.17, 15) is 0 Å². The second-order valence-electron chi connectivity index (χ2n) is 8.33. The van der Waals surface area contributed by atoms with E-state index in [1.165, 1.54) is 120 Å². The van der Waals surface area contributed by atoms with E-state index in [-0.39, 0.29) is 7.43 Å². The Hall–Kier alpha value is -0.0400. The van der Waals surface area contributed by atoms with Gasteiger partial charge in [-0.15, -0.1) is 0 Å². The molecule has 24 heavy (non-hydrogen) atoms. The molecule has 0 saturated carbocycles. The van der Waals surface area contributed by atoms with Crippen molar-refractivity contribution in [2.75, 3.05) is 27.2 Å². The van der Waals surface area contributed by atoms with Gasteiger partial charge in [-0.25, -0.2) is 0 Å². The Morgan fingerprint density at radius 1 is 0.417 bits per heavy atom. The molecule has 1 nitrogen and oxygen atoms in total. The molecule has 0 unspecified atom stereocenters. The topological polar surface area (TPSA) is 0 Å². The predicted molar refractivity (Wildman–Crippen MR) is 114 cm³/mol. The van der Waals surface area contributed by atoms with Gasteiger partial charge in [-0.3, -0.25) is 0 Å². The van der Waals surface area contributed by atoms with Crippen LogP contribution >= 0.6 is 0 Å². The van der Waals surface area contributed by atoms with Crippen molar-refractivity contribution in [3.05, 3.63) is 0 Å². The van der Waals surface area contributed by atoms with Crippen LogP contribution < -0.4 is 0 Å². The van der Waals surface area contributed by atoms with Crippen LogP contribution in [0.5, 0.6) is 0 Å². The van der Waals surface area contributed by atoms with E-state index >= 15 is 0 Å². The predicted octanol–water partition coefficient (Wildman–Crippen LogP) is 7.98. The van der Waals surface area contributed by atoms with Gasteiger partial charge in [0.2, 0.25) is 0 Å². The molecule has 0 fully saturated rings. The number of rotatable bonds is 18. The summed E-state index contributed by atoms with van der Waals surface area (Å²) in [5.41, 5.74) is 0. The number of hydrogen-bond acceptors (Lipinski definition) is 0. The van der Waals surface area contributed by atoms with E-state index in [0.717, 1.165) is 0 Å². The van der Waals surface area contributed by atoms with Crippen LogP contribution in [0.25, 0.3) is 0 Å². The van der Waals surface area contributed by atoms with Crippen molar-refractivity contribution in [1.82, 2.24) is 0 Å². The van der Waals surface area contributed by atoms with Gasteiger partial charge in [0.25, 0.3) is 0 Å². The monoisotopic (exact) mass is 342 g/mol. The molecule has 0 amide bonds. The van der Waals surface area contributed by atoms with Crippen LogP contribution in [0.3, 0.4) is 0 Å². The lowest BCUT2D eigenvalue weighted by Gasteiger charge is -2.30. The lowest BCUT2D eigenvalue weighted by Crippen LogP contribution is -2.41. The maximum Gasteiger partial charge on any atom is 0.0782 e. The van der Waals surface area contributed by atoms with Gasteiger partial charge < -0.3 is 4.48 Å². The second kappa shape index (κ2) is 19.3. The highest BCUT2D eigenvalue weighted by Gasteiger charge is 2.13. The first-order valence-electron chi connectivity index (χ1n) is 10.9. The quantitative estimate of drug-likeness (QED) is 0.175. The fourth-order valence-electron chi connectivity index (χ4n) is 3.46. The van der Waals surface area contributed by atoms with Crippen molar-refractivity contribution < 1.29 is 4.48 Å². The molecule has 0 aromatic carbocycles. The third-order valence-electron chi connectivity index (χ3n) is 5.23. The van der Waals surface area contributed by atoms with Crippen LogP contribution in [0.4, 0.5) is 0 Å². The summed E-state index contributed by atoms with van der Waals surface area (Å²) in [4.78, 5) is 0. The summed E-state index contributed by atoms with van der Waals surface area (Å²) in [6, 6.07) is 0. The van der Waals surface area contributed by atoms with Crippen LogP contribution in [0.15, 0.2) is 0 Å². The second-order valence-corrected chi connectivity index (χ2v) is 8.33. The molecule has 0 spiro atoms. The van der Waals surface area contributed by atoms with E-state index in [2.05, 4.69) is 27.9 Å². The minimum Gasteiger partial charge on any atom is -0.328 e. The average molecular weight is 343 g/mol. The normalized spacial score (nSPS) is 11.5. The number of hydrogen-bond donors (Lipinski definition) is 0. The minimum atomic E-state index is 0. The number of quaternary nitrogens is 1.